The normalized spacial score (nSPS) is 15.0. The molecule has 1 atom stereocenters. The largest absolute Gasteiger partial charge is 0.310 e. The van der Waals surface area contributed by atoms with Gasteiger partial charge in [0.2, 0.25) is 0 Å². The Labute approximate surface area is 303 Å². The summed E-state index contributed by atoms with van der Waals surface area (Å²) in [7, 11) is 0. The lowest BCUT2D eigenvalue weighted by molar-refractivity contribution is 0.801. The molecule has 2 aliphatic rings. The van der Waals surface area contributed by atoms with Crippen LogP contribution in [0.4, 0.5) is 17.1 Å². The molecule has 1 heteroatoms. The van der Waals surface area contributed by atoms with Gasteiger partial charge < -0.3 is 4.90 Å². The number of para-hydroxylation sites is 1. The zero-order valence-corrected chi connectivity index (χ0v) is 28.5. The fraction of sp³-hybridized carbons (Fsp3) is 0.0196. The summed E-state index contributed by atoms with van der Waals surface area (Å²) in [5.74, 6) is 0. The van der Waals surface area contributed by atoms with Crippen molar-refractivity contribution in [2.45, 2.75) is 5.41 Å². The van der Waals surface area contributed by atoms with E-state index in [4.69, 9.17) is 0 Å². The molecule has 9 aromatic rings. The van der Waals surface area contributed by atoms with Crippen molar-refractivity contribution in [1.29, 1.82) is 0 Å². The highest BCUT2D eigenvalue weighted by atomic mass is 15.1. The van der Waals surface area contributed by atoms with E-state index >= 15 is 0 Å². The molecule has 52 heavy (non-hydrogen) atoms. The second-order valence-corrected chi connectivity index (χ2v) is 14.0. The summed E-state index contributed by atoms with van der Waals surface area (Å²) in [6.45, 7) is 0. The molecule has 0 saturated carbocycles. The van der Waals surface area contributed by atoms with E-state index in [1.165, 1.54) is 82.9 Å². The van der Waals surface area contributed by atoms with Gasteiger partial charge in [-0.2, -0.15) is 0 Å². The van der Waals surface area contributed by atoms with Crippen LogP contribution in [0.25, 0.3) is 54.9 Å². The number of benzene rings is 9. The zero-order valence-electron chi connectivity index (χ0n) is 28.5. The highest BCUT2D eigenvalue weighted by Gasteiger charge is 2.52. The molecule has 242 valence electrons. The molecule has 1 spiro atoms. The number of hydrogen-bond acceptors (Lipinski definition) is 1. The van der Waals surface area contributed by atoms with Crippen LogP contribution in [-0.2, 0) is 5.41 Å². The van der Waals surface area contributed by atoms with Gasteiger partial charge in [-0.15, -0.1) is 0 Å². The van der Waals surface area contributed by atoms with Gasteiger partial charge in [-0.05, 0) is 108 Å². The Balaban J connectivity index is 1.10. The van der Waals surface area contributed by atoms with Gasteiger partial charge in [0.15, 0.2) is 0 Å². The highest BCUT2D eigenvalue weighted by Crippen LogP contribution is 2.64. The fourth-order valence-corrected chi connectivity index (χ4v) is 9.31. The fourth-order valence-electron chi connectivity index (χ4n) is 9.31. The van der Waals surface area contributed by atoms with Gasteiger partial charge in [0.05, 0.1) is 11.1 Å². The molecule has 0 saturated heterocycles. The number of rotatable bonds is 4. The van der Waals surface area contributed by atoms with Crippen LogP contribution in [0, 0.1) is 0 Å². The molecule has 0 fully saturated rings. The topological polar surface area (TPSA) is 3.24 Å². The van der Waals surface area contributed by atoms with Crippen LogP contribution in [-0.4, -0.2) is 0 Å². The van der Waals surface area contributed by atoms with E-state index in [1.54, 1.807) is 0 Å². The van der Waals surface area contributed by atoms with E-state index in [0.29, 0.717) is 0 Å². The van der Waals surface area contributed by atoms with Crippen molar-refractivity contribution in [3.05, 3.63) is 222 Å². The Morgan fingerprint density at radius 3 is 1.63 bits per heavy atom. The average molecular weight is 660 g/mol. The Bertz CT molecular complexity index is 2830. The smallest absolute Gasteiger partial charge is 0.0731 e. The van der Waals surface area contributed by atoms with Gasteiger partial charge in [0.1, 0.15) is 0 Å². The molecule has 0 aliphatic heterocycles. The van der Waals surface area contributed by atoms with Crippen LogP contribution in [0.3, 0.4) is 0 Å². The highest BCUT2D eigenvalue weighted by molar-refractivity contribution is 6.04. The maximum absolute atomic E-state index is 2.48. The van der Waals surface area contributed by atoms with Crippen LogP contribution in [0.1, 0.15) is 22.3 Å². The molecule has 0 N–H and O–H groups in total. The SMILES string of the molecule is c1ccc(N(c2ccc(-c3ccc4c(c3)C3(c5ccccc5-4)c4ccccc4-c4ccc5ccccc5c43)cc2)c2cccc3ccccc23)cc1. The molecular formula is C51H33N. The predicted molar refractivity (Wildman–Crippen MR) is 218 cm³/mol. The Kier molecular flexibility index (Phi) is 6.23. The first-order valence-corrected chi connectivity index (χ1v) is 18.1. The van der Waals surface area contributed by atoms with Crippen molar-refractivity contribution >= 4 is 38.6 Å². The predicted octanol–water partition coefficient (Wildman–Crippen LogP) is 13.5. The van der Waals surface area contributed by atoms with Crippen LogP contribution in [0.5, 0.6) is 0 Å². The van der Waals surface area contributed by atoms with E-state index in [9.17, 15) is 0 Å². The van der Waals surface area contributed by atoms with Crippen LogP contribution < -0.4 is 4.90 Å². The Morgan fingerprint density at radius 2 is 0.865 bits per heavy atom. The van der Waals surface area contributed by atoms with Gasteiger partial charge >= 0.3 is 0 Å². The lowest BCUT2D eigenvalue weighted by atomic mass is 9.69. The van der Waals surface area contributed by atoms with E-state index in [2.05, 4.69) is 205 Å². The minimum absolute atomic E-state index is 0.410. The molecule has 0 aromatic heterocycles. The number of fused-ring (bicyclic) bond motifs is 13. The third-order valence-electron chi connectivity index (χ3n) is 11.5. The summed E-state index contributed by atoms with van der Waals surface area (Å²) in [5, 5.41) is 5.06. The first kappa shape index (κ1) is 29.1. The Morgan fingerprint density at radius 1 is 0.327 bits per heavy atom. The lowest BCUT2D eigenvalue weighted by Gasteiger charge is -2.31. The average Bonchev–Trinajstić information content (AvgIpc) is 3.69. The molecule has 0 heterocycles. The Hall–Kier alpha value is -6.70. The molecule has 0 amide bonds. The van der Waals surface area contributed by atoms with Crippen molar-refractivity contribution in [1.82, 2.24) is 0 Å². The molecule has 0 bridgehead atoms. The molecular weight excluding hydrogens is 627 g/mol. The summed E-state index contributed by atoms with van der Waals surface area (Å²) in [6, 6.07) is 73.9. The summed E-state index contributed by atoms with van der Waals surface area (Å²) >= 11 is 0. The summed E-state index contributed by atoms with van der Waals surface area (Å²) in [6.07, 6.45) is 0. The van der Waals surface area contributed by atoms with Crippen molar-refractivity contribution in [2.75, 3.05) is 4.90 Å². The molecule has 1 unspecified atom stereocenters. The maximum atomic E-state index is 2.48. The van der Waals surface area contributed by atoms with Gasteiger partial charge in [-0.3, -0.25) is 0 Å². The number of hydrogen-bond donors (Lipinski definition) is 0. The van der Waals surface area contributed by atoms with Gasteiger partial charge in [0.25, 0.3) is 0 Å². The lowest BCUT2D eigenvalue weighted by Crippen LogP contribution is -2.26. The summed E-state index contributed by atoms with van der Waals surface area (Å²) in [4.78, 5) is 2.37. The first-order valence-electron chi connectivity index (χ1n) is 18.1. The van der Waals surface area contributed by atoms with E-state index in [0.717, 1.165) is 11.4 Å². The number of nitrogens with zero attached hydrogens (tertiary/aromatic N) is 1. The van der Waals surface area contributed by atoms with E-state index in [-0.39, 0.29) is 0 Å². The maximum Gasteiger partial charge on any atom is 0.0731 e. The van der Waals surface area contributed by atoms with Crippen LogP contribution in [0.2, 0.25) is 0 Å². The molecule has 2 aliphatic carbocycles. The quantitative estimate of drug-likeness (QED) is 0.182. The monoisotopic (exact) mass is 659 g/mol. The third kappa shape index (κ3) is 3.99. The molecule has 0 radical (unpaired) electrons. The summed E-state index contributed by atoms with van der Waals surface area (Å²) < 4.78 is 0. The van der Waals surface area contributed by atoms with E-state index in [1.807, 2.05) is 0 Å². The molecule has 11 rings (SSSR count). The molecule has 1 nitrogen and oxygen atoms in total. The van der Waals surface area contributed by atoms with Gasteiger partial charge in [-0.25, -0.2) is 0 Å². The minimum Gasteiger partial charge on any atom is -0.310 e. The van der Waals surface area contributed by atoms with Crippen molar-refractivity contribution in [3.8, 4) is 33.4 Å². The minimum atomic E-state index is -0.410. The number of anilines is 3. The first-order chi connectivity index (χ1) is 25.8. The zero-order chi connectivity index (χ0) is 34.2. The van der Waals surface area contributed by atoms with E-state index < -0.39 is 5.41 Å². The van der Waals surface area contributed by atoms with Crippen molar-refractivity contribution in [3.63, 3.8) is 0 Å². The van der Waals surface area contributed by atoms with Crippen LogP contribution >= 0.6 is 0 Å². The standard InChI is InChI=1S/C51H33N/c1-2-16-38(17-3-1)52(49-24-12-15-35-13-4-6-18-40(35)49)39-29-25-34(26-30-39)37-28-31-44-42-20-8-10-22-46(42)51(48(44)33-37)47-23-11-9-21-43(47)45-32-27-36-14-5-7-19-41(36)50(45)51/h1-33H. The van der Waals surface area contributed by atoms with Crippen molar-refractivity contribution < 1.29 is 0 Å². The van der Waals surface area contributed by atoms with Crippen molar-refractivity contribution in [2.24, 2.45) is 0 Å². The van der Waals surface area contributed by atoms with Crippen LogP contribution in [0.15, 0.2) is 200 Å². The second kappa shape index (κ2) is 11.2. The van der Waals surface area contributed by atoms with Gasteiger partial charge in [-0.1, -0.05) is 164 Å². The summed E-state index contributed by atoms with van der Waals surface area (Å²) in [5.41, 5.74) is 16.2. The molecule has 9 aromatic carbocycles. The second-order valence-electron chi connectivity index (χ2n) is 14.0. The third-order valence-corrected chi connectivity index (χ3v) is 11.5. The van der Waals surface area contributed by atoms with Gasteiger partial charge in [0, 0.05) is 16.8 Å².